The van der Waals surface area contributed by atoms with Crippen LogP contribution in [-0.4, -0.2) is 24.7 Å². The molecule has 7 heteroatoms. The maximum atomic E-state index is 5.49. The molecule has 0 aliphatic carbocycles. The first kappa shape index (κ1) is 11.5. The summed E-state index contributed by atoms with van der Waals surface area (Å²) in [5, 5.41) is 7.29. The minimum absolute atomic E-state index is 0.258. The van der Waals surface area contributed by atoms with Gasteiger partial charge in [0.1, 0.15) is 10.7 Å². The van der Waals surface area contributed by atoms with E-state index in [1.165, 1.54) is 0 Å². The van der Waals surface area contributed by atoms with Crippen molar-refractivity contribution in [2.45, 2.75) is 6.54 Å². The van der Waals surface area contributed by atoms with Crippen LogP contribution in [0.3, 0.4) is 0 Å². The summed E-state index contributed by atoms with van der Waals surface area (Å²) in [6.07, 6.45) is 3.49. The Kier molecular flexibility index (Phi) is 3.29. The molecule has 0 atom stereocenters. The second kappa shape index (κ2) is 4.88. The molecule has 0 amide bonds. The third kappa shape index (κ3) is 2.97. The summed E-state index contributed by atoms with van der Waals surface area (Å²) in [5.74, 6) is 0.487. The van der Waals surface area contributed by atoms with E-state index < -0.39 is 0 Å². The Morgan fingerprint density at radius 1 is 1.53 bits per heavy atom. The summed E-state index contributed by atoms with van der Waals surface area (Å²) in [5.41, 5.74) is 6.96. The lowest BCUT2D eigenvalue weighted by atomic mass is 10.4. The largest absolute Gasteiger partial charge is 0.388 e. The van der Waals surface area contributed by atoms with Crippen molar-refractivity contribution in [2.75, 3.05) is 5.32 Å². The number of nitrogens with one attached hydrogen (secondary N) is 1. The van der Waals surface area contributed by atoms with Gasteiger partial charge in [0, 0.05) is 19.4 Å². The Balaban J connectivity index is 2.04. The van der Waals surface area contributed by atoms with E-state index >= 15 is 0 Å². The van der Waals surface area contributed by atoms with E-state index in [1.54, 1.807) is 16.9 Å². The van der Waals surface area contributed by atoms with Crippen molar-refractivity contribution in [2.24, 2.45) is 12.8 Å². The molecule has 0 bridgehead atoms. The third-order valence-electron chi connectivity index (χ3n) is 2.10. The summed E-state index contributed by atoms with van der Waals surface area (Å²) >= 11 is 4.85. The lowest BCUT2D eigenvalue weighted by Gasteiger charge is -2.03. The van der Waals surface area contributed by atoms with Crippen LogP contribution >= 0.6 is 12.2 Å². The molecule has 2 heterocycles. The van der Waals surface area contributed by atoms with Gasteiger partial charge in [-0.15, -0.1) is 0 Å². The maximum Gasteiger partial charge on any atom is 0.223 e. The number of aryl methyl sites for hydroxylation is 1. The number of thiocarbonyl (C=S) groups is 1. The summed E-state index contributed by atoms with van der Waals surface area (Å²) in [6.45, 7) is 0.557. The van der Waals surface area contributed by atoms with Gasteiger partial charge in [-0.1, -0.05) is 12.2 Å². The van der Waals surface area contributed by atoms with E-state index in [-0.39, 0.29) is 4.99 Å². The first-order chi connectivity index (χ1) is 8.15. The molecule has 6 nitrogen and oxygen atoms in total. The fourth-order valence-electron chi connectivity index (χ4n) is 1.31. The second-order valence-electron chi connectivity index (χ2n) is 3.46. The standard InChI is InChI=1S/C10H12N6S/c1-16-5-3-7(15-16)6-13-10-12-4-2-8(14-10)9(11)17/h2-5H,6H2,1H3,(H2,11,17)(H,12,13,14). The van der Waals surface area contributed by atoms with Gasteiger partial charge in [0.05, 0.1) is 12.2 Å². The molecule has 0 aliphatic heterocycles. The number of nitrogens with zero attached hydrogens (tertiary/aromatic N) is 4. The summed E-state index contributed by atoms with van der Waals surface area (Å²) < 4.78 is 1.74. The van der Waals surface area contributed by atoms with E-state index in [0.717, 1.165) is 5.69 Å². The van der Waals surface area contributed by atoms with Gasteiger partial charge in [-0.3, -0.25) is 4.68 Å². The van der Waals surface area contributed by atoms with Crippen LogP contribution in [0.1, 0.15) is 11.4 Å². The number of hydrogen-bond acceptors (Lipinski definition) is 5. The second-order valence-corrected chi connectivity index (χ2v) is 3.90. The van der Waals surface area contributed by atoms with Crippen LogP contribution in [0.5, 0.6) is 0 Å². The molecule has 17 heavy (non-hydrogen) atoms. The highest BCUT2D eigenvalue weighted by molar-refractivity contribution is 7.80. The molecule has 0 unspecified atom stereocenters. The van der Waals surface area contributed by atoms with Crippen molar-refractivity contribution in [1.82, 2.24) is 19.7 Å². The van der Waals surface area contributed by atoms with Crippen LogP contribution in [0.2, 0.25) is 0 Å². The zero-order valence-electron chi connectivity index (χ0n) is 9.29. The van der Waals surface area contributed by atoms with Gasteiger partial charge < -0.3 is 11.1 Å². The monoisotopic (exact) mass is 248 g/mol. The normalized spacial score (nSPS) is 10.2. The fourth-order valence-corrected chi connectivity index (χ4v) is 1.42. The molecule has 0 saturated heterocycles. The van der Waals surface area contributed by atoms with Crippen molar-refractivity contribution in [3.63, 3.8) is 0 Å². The maximum absolute atomic E-state index is 5.49. The molecule has 2 rings (SSSR count). The SMILES string of the molecule is Cn1ccc(CNc2nccc(C(N)=S)n2)n1. The topological polar surface area (TPSA) is 81.7 Å². The lowest BCUT2D eigenvalue weighted by Crippen LogP contribution is -2.13. The zero-order valence-corrected chi connectivity index (χ0v) is 10.1. The molecule has 0 saturated carbocycles. The molecule has 88 valence electrons. The van der Waals surface area contributed by atoms with Crippen molar-refractivity contribution in [3.8, 4) is 0 Å². The van der Waals surface area contributed by atoms with E-state index in [4.69, 9.17) is 18.0 Å². The molecular formula is C10H12N6S. The molecule has 0 radical (unpaired) electrons. The van der Waals surface area contributed by atoms with Crippen LogP contribution in [-0.2, 0) is 13.6 Å². The Morgan fingerprint density at radius 2 is 2.35 bits per heavy atom. The first-order valence-electron chi connectivity index (χ1n) is 5.00. The molecule has 2 aromatic heterocycles. The molecular weight excluding hydrogens is 236 g/mol. The van der Waals surface area contributed by atoms with Crippen LogP contribution < -0.4 is 11.1 Å². The Morgan fingerprint density at radius 3 is 3.00 bits per heavy atom. The number of aromatic nitrogens is 4. The summed E-state index contributed by atoms with van der Waals surface area (Å²) in [6, 6.07) is 3.60. The van der Waals surface area contributed by atoms with Crippen molar-refractivity contribution >= 4 is 23.2 Å². The Bertz CT molecular complexity index is 535. The van der Waals surface area contributed by atoms with Gasteiger partial charge in [0.15, 0.2) is 0 Å². The van der Waals surface area contributed by atoms with Gasteiger partial charge in [-0.2, -0.15) is 5.10 Å². The molecule has 2 aromatic rings. The van der Waals surface area contributed by atoms with Gasteiger partial charge >= 0.3 is 0 Å². The first-order valence-corrected chi connectivity index (χ1v) is 5.41. The minimum Gasteiger partial charge on any atom is -0.388 e. The average Bonchev–Trinajstić information content (AvgIpc) is 2.73. The Labute approximate surface area is 104 Å². The predicted octanol–water partition coefficient (Wildman–Crippen LogP) is 0.456. The van der Waals surface area contributed by atoms with Gasteiger partial charge in [-0.25, -0.2) is 9.97 Å². The average molecular weight is 248 g/mol. The highest BCUT2D eigenvalue weighted by Crippen LogP contribution is 2.03. The van der Waals surface area contributed by atoms with Crippen LogP contribution in [0.25, 0.3) is 0 Å². The smallest absolute Gasteiger partial charge is 0.223 e. The highest BCUT2D eigenvalue weighted by atomic mass is 32.1. The molecule has 0 spiro atoms. The lowest BCUT2D eigenvalue weighted by molar-refractivity contribution is 0.746. The molecule has 3 N–H and O–H groups in total. The third-order valence-corrected chi connectivity index (χ3v) is 2.31. The van der Waals surface area contributed by atoms with Crippen molar-refractivity contribution in [3.05, 3.63) is 35.9 Å². The van der Waals surface area contributed by atoms with E-state index in [9.17, 15) is 0 Å². The summed E-state index contributed by atoms with van der Waals surface area (Å²) in [7, 11) is 1.87. The van der Waals surface area contributed by atoms with Crippen molar-refractivity contribution < 1.29 is 0 Å². The molecule has 0 aliphatic rings. The van der Waals surface area contributed by atoms with E-state index in [1.807, 2.05) is 19.3 Å². The van der Waals surface area contributed by atoms with Crippen LogP contribution in [0, 0.1) is 0 Å². The van der Waals surface area contributed by atoms with E-state index in [2.05, 4.69) is 20.4 Å². The summed E-state index contributed by atoms with van der Waals surface area (Å²) in [4.78, 5) is 8.50. The Hall–Kier alpha value is -2.02. The molecule has 0 aromatic carbocycles. The number of rotatable bonds is 4. The molecule has 0 fully saturated rings. The van der Waals surface area contributed by atoms with Gasteiger partial charge in [0.2, 0.25) is 5.95 Å². The van der Waals surface area contributed by atoms with E-state index in [0.29, 0.717) is 18.2 Å². The number of nitrogens with two attached hydrogens (primary N) is 1. The van der Waals surface area contributed by atoms with Gasteiger partial charge in [0.25, 0.3) is 0 Å². The van der Waals surface area contributed by atoms with Crippen LogP contribution in [0.4, 0.5) is 5.95 Å². The highest BCUT2D eigenvalue weighted by Gasteiger charge is 2.02. The van der Waals surface area contributed by atoms with Crippen LogP contribution in [0.15, 0.2) is 24.5 Å². The minimum atomic E-state index is 0.258. The van der Waals surface area contributed by atoms with Gasteiger partial charge in [-0.05, 0) is 12.1 Å². The fraction of sp³-hybridized carbons (Fsp3) is 0.200. The predicted molar refractivity (Wildman–Crippen MR) is 68.5 cm³/mol. The quantitative estimate of drug-likeness (QED) is 0.765. The number of hydrogen-bond donors (Lipinski definition) is 2. The zero-order chi connectivity index (χ0) is 12.3. The van der Waals surface area contributed by atoms with Crippen molar-refractivity contribution in [1.29, 1.82) is 0 Å². The number of anilines is 1.